The summed E-state index contributed by atoms with van der Waals surface area (Å²) < 4.78 is 7.06. The molecule has 7 heteroatoms. The number of anilines is 1. The van der Waals surface area contributed by atoms with Gasteiger partial charge in [-0.25, -0.2) is 4.98 Å². The van der Waals surface area contributed by atoms with E-state index in [1.54, 1.807) is 36.9 Å². The summed E-state index contributed by atoms with van der Waals surface area (Å²) in [6.07, 6.45) is 1.52. The number of pyridine rings is 1. The molecular weight excluding hydrogens is 374 g/mol. The first kappa shape index (κ1) is 17.9. The van der Waals surface area contributed by atoms with Crippen molar-refractivity contribution in [3.8, 4) is 17.0 Å². The van der Waals surface area contributed by atoms with E-state index in [9.17, 15) is 9.59 Å². The minimum atomic E-state index is -0.487. The van der Waals surface area contributed by atoms with E-state index in [-0.39, 0.29) is 11.0 Å². The van der Waals surface area contributed by atoms with E-state index in [1.807, 2.05) is 35.7 Å². The molecule has 0 aliphatic heterocycles. The van der Waals surface area contributed by atoms with Gasteiger partial charge in [0.25, 0.3) is 5.91 Å². The SMILES string of the molecule is COc1cccc2c(=O)c(C(=O)Nc3nc(-c4ccccc4)cs3)cn(C)c12. The molecule has 28 heavy (non-hydrogen) atoms. The maximum Gasteiger partial charge on any atom is 0.262 e. The van der Waals surface area contributed by atoms with Gasteiger partial charge in [-0.2, -0.15) is 0 Å². The number of hydrogen-bond donors (Lipinski definition) is 1. The Bertz CT molecular complexity index is 1230. The molecule has 0 atom stereocenters. The van der Waals surface area contributed by atoms with E-state index >= 15 is 0 Å². The van der Waals surface area contributed by atoms with E-state index < -0.39 is 5.91 Å². The van der Waals surface area contributed by atoms with Gasteiger partial charge in [0.1, 0.15) is 11.3 Å². The van der Waals surface area contributed by atoms with Crippen LogP contribution in [-0.4, -0.2) is 22.6 Å². The number of methoxy groups -OCH3 is 1. The van der Waals surface area contributed by atoms with Crippen LogP contribution < -0.4 is 15.5 Å². The van der Waals surface area contributed by atoms with E-state index in [4.69, 9.17) is 4.74 Å². The molecule has 4 rings (SSSR count). The summed E-state index contributed by atoms with van der Waals surface area (Å²) >= 11 is 1.32. The minimum Gasteiger partial charge on any atom is -0.495 e. The Kier molecular flexibility index (Phi) is 4.67. The van der Waals surface area contributed by atoms with Gasteiger partial charge in [-0.05, 0) is 12.1 Å². The zero-order valence-corrected chi connectivity index (χ0v) is 16.1. The van der Waals surface area contributed by atoms with Crippen molar-refractivity contribution in [2.75, 3.05) is 12.4 Å². The maximum atomic E-state index is 12.9. The predicted octanol–water partition coefficient (Wildman–Crippen LogP) is 3.92. The van der Waals surface area contributed by atoms with Gasteiger partial charge < -0.3 is 9.30 Å². The van der Waals surface area contributed by atoms with Gasteiger partial charge in [-0.1, -0.05) is 36.4 Å². The number of aryl methyl sites for hydroxylation is 1. The lowest BCUT2D eigenvalue weighted by molar-refractivity contribution is 0.102. The average Bonchev–Trinajstić information content (AvgIpc) is 3.19. The molecule has 140 valence electrons. The maximum absolute atomic E-state index is 12.9. The fraction of sp³-hybridized carbons (Fsp3) is 0.0952. The first-order valence-electron chi connectivity index (χ1n) is 8.57. The molecule has 2 heterocycles. The van der Waals surface area contributed by atoms with E-state index in [0.29, 0.717) is 21.8 Å². The van der Waals surface area contributed by atoms with Crippen molar-refractivity contribution in [1.82, 2.24) is 9.55 Å². The number of nitrogens with one attached hydrogen (secondary N) is 1. The van der Waals surface area contributed by atoms with Gasteiger partial charge in [0.05, 0.1) is 23.7 Å². The molecule has 0 saturated heterocycles. The predicted molar refractivity (Wildman–Crippen MR) is 111 cm³/mol. The highest BCUT2D eigenvalue weighted by molar-refractivity contribution is 7.14. The van der Waals surface area contributed by atoms with Crippen LogP contribution >= 0.6 is 11.3 Å². The molecule has 4 aromatic rings. The van der Waals surface area contributed by atoms with Crippen LogP contribution in [0.2, 0.25) is 0 Å². The van der Waals surface area contributed by atoms with E-state index in [1.165, 1.54) is 17.5 Å². The number of fused-ring (bicyclic) bond motifs is 1. The Hall–Kier alpha value is -3.45. The van der Waals surface area contributed by atoms with Crippen LogP contribution in [0.3, 0.4) is 0 Å². The molecule has 0 unspecified atom stereocenters. The number of para-hydroxylation sites is 1. The molecule has 2 aromatic heterocycles. The van der Waals surface area contributed by atoms with Gasteiger partial charge >= 0.3 is 0 Å². The number of amides is 1. The lowest BCUT2D eigenvalue weighted by atomic mass is 10.1. The van der Waals surface area contributed by atoms with Gasteiger partial charge in [0.15, 0.2) is 5.13 Å². The first-order chi connectivity index (χ1) is 13.6. The van der Waals surface area contributed by atoms with Gasteiger partial charge in [0.2, 0.25) is 5.43 Å². The fourth-order valence-electron chi connectivity index (χ4n) is 3.09. The standard InChI is InChI=1S/C21H17N3O3S/c1-24-11-15(19(25)14-9-6-10-17(27-2)18(14)24)20(26)23-21-22-16(12-28-21)13-7-4-3-5-8-13/h3-12H,1-2H3,(H,22,23,26). The zero-order chi connectivity index (χ0) is 19.7. The van der Waals surface area contributed by atoms with Crippen molar-refractivity contribution in [2.45, 2.75) is 0 Å². The van der Waals surface area contributed by atoms with Crippen molar-refractivity contribution in [3.05, 3.63) is 75.9 Å². The molecule has 0 spiro atoms. The Labute approximate surface area is 165 Å². The fourth-order valence-corrected chi connectivity index (χ4v) is 3.81. The molecule has 0 fully saturated rings. The van der Waals surface area contributed by atoms with Crippen LogP contribution in [0.25, 0.3) is 22.2 Å². The molecule has 2 aromatic carbocycles. The number of hydrogen-bond acceptors (Lipinski definition) is 5. The summed E-state index contributed by atoms with van der Waals surface area (Å²) in [6.45, 7) is 0. The third kappa shape index (κ3) is 3.16. The number of benzene rings is 2. The number of ether oxygens (including phenoxy) is 1. The van der Waals surface area contributed by atoms with Crippen LogP contribution in [-0.2, 0) is 7.05 Å². The molecule has 0 aliphatic rings. The Morgan fingerprint density at radius 1 is 1.14 bits per heavy atom. The van der Waals surface area contributed by atoms with Crippen LogP contribution in [0.4, 0.5) is 5.13 Å². The van der Waals surface area contributed by atoms with Crippen molar-refractivity contribution in [1.29, 1.82) is 0 Å². The highest BCUT2D eigenvalue weighted by Gasteiger charge is 2.18. The number of carbonyl (C=O) groups is 1. The molecule has 0 aliphatic carbocycles. The minimum absolute atomic E-state index is 0.0553. The summed E-state index contributed by atoms with van der Waals surface area (Å²) in [6, 6.07) is 14.9. The Morgan fingerprint density at radius 2 is 1.93 bits per heavy atom. The van der Waals surface area contributed by atoms with Gasteiger partial charge in [0, 0.05) is 24.2 Å². The van der Waals surface area contributed by atoms with Crippen molar-refractivity contribution < 1.29 is 9.53 Å². The highest BCUT2D eigenvalue weighted by atomic mass is 32.1. The van der Waals surface area contributed by atoms with Crippen LogP contribution in [0.15, 0.2) is 64.9 Å². The molecule has 1 N–H and O–H groups in total. The lowest BCUT2D eigenvalue weighted by Crippen LogP contribution is -2.23. The molecule has 0 bridgehead atoms. The van der Waals surface area contributed by atoms with Gasteiger partial charge in [-0.3, -0.25) is 14.9 Å². The average molecular weight is 391 g/mol. The zero-order valence-electron chi connectivity index (χ0n) is 15.3. The van der Waals surface area contributed by atoms with Gasteiger partial charge in [-0.15, -0.1) is 11.3 Å². The Balaban J connectivity index is 1.68. The topological polar surface area (TPSA) is 73.2 Å². The number of aromatic nitrogens is 2. The highest BCUT2D eigenvalue weighted by Crippen LogP contribution is 2.26. The first-order valence-corrected chi connectivity index (χ1v) is 9.45. The summed E-state index contributed by atoms with van der Waals surface area (Å²) in [5, 5.41) is 5.47. The number of carbonyl (C=O) groups excluding carboxylic acids is 1. The second-order valence-electron chi connectivity index (χ2n) is 6.20. The Morgan fingerprint density at radius 3 is 2.68 bits per heavy atom. The summed E-state index contributed by atoms with van der Waals surface area (Å²) in [5.74, 6) is 0.0933. The molecular formula is C21H17N3O3S. The summed E-state index contributed by atoms with van der Waals surface area (Å²) in [4.78, 5) is 30.0. The molecule has 1 amide bonds. The number of rotatable bonds is 4. The quantitative estimate of drug-likeness (QED) is 0.572. The molecule has 0 radical (unpaired) electrons. The molecule has 0 saturated carbocycles. The third-order valence-corrected chi connectivity index (χ3v) is 5.18. The van der Waals surface area contributed by atoms with Crippen LogP contribution in [0.5, 0.6) is 5.75 Å². The monoisotopic (exact) mass is 391 g/mol. The van der Waals surface area contributed by atoms with Crippen molar-refractivity contribution in [3.63, 3.8) is 0 Å². The lowest BCUT2D eigenvalue weighted by Gasteiger charge is -2.11. The van der Waals surface area contributed by atoms with Crippen LogP contribution in [0.1, 0.15) is 10.4 Å². The van der Waals surface area contributed by atoms with Crippen LogP contribution in [0, 0.1) is 0 Å². The van der Waals surface area contributed by atoms with E-state index in [2.05, 4.69) is 10.3 Å². The largest absolute Gasteiger partial charge is 0.495 e. The van der Waals surface area contributed by atoms with Crippen molar-refractivity contribution in [2.24, 2.45) is 7.05 Å². The summed E-state index contributed by atoms with van der Waals surface area (Å²) in [5.41, 5.74) is 2.10. The third-order valence-electron chi connectivity index (χ3n) is 4.42. The molecule has 6 nitrogen and oxygen atoms in total. The van der Waals surface area contributed by atoms with Crippen molar-refractivity contribution >= 4 is 33.3 Å². The number of nitrogens with zero attached hydrogens (tertiary/aromatic N) is 2. The van der Waals surface area contributed by atoms with E-state index in [0.717, 1.165) is 11.3 Å². The second-order valence-corrected chi connectivity index (χ2v) is 7.06. The summed E-state index contributed by atoms with van der Waals surface area (Å²) in [7, 11) is 3.32. The second kappa shape index (κ2) is 7.28. The smallest absolute Gasteiger partial charge is 0.262 e. The normalized spacial score (nSPS) is 10.8. The number of thiazole rings is 1.